The van der Waals surface area contributed by atoms with Crippen LogP contribution in [0.2, 0.25) is 0 Å². The molecular formula is C12H18N2O. The number of aromatic nitrogens is 2. The van der Waals surface area contributed by atoms with Gasteiger partial charge in [0.05, 0.1) is 5.69 Å². The maximum atomic E-state index is 11.8. The van der Waals surface area contributed by atoms with E-state index in [4.69, 9.17) is 0 Å². The van der Waals surface area contributed by atoms with Gasteiger partial charge in [-0.15, -0.1) is 0 Å². The van der Waals surface area contributed by atoms with Crippen molar-refractivity contribution in [1.82, 2.24) is 9.97 Å². The summed E-state index contributed by atoms with van der Waals surface area (Å²) in [7, 11) is 0. The number of aryl methyl sites for hydroxylation is 2. The van der Waals surface area contributed by atoms with Crippen LogP contribution < -0.4 is 5.56 Å². The van der Waals surface area contributed by atoms with Crippen molar-refractivity contribution < 1.29 is 0 Å². The summed E-state index contributed by atoms with van der Waals surface area (Å²) in [6.45, 7) is 2.15. The maximum Gasteiger partial charge on any atom is 0.254 e. The predicted molar refractivity (Wildman–Crippen MR) is 60.1 cm³/mol. The second-order valence-electron chi connectivity index (χ2n) is 4.25. The fourth-order valence-electron chi connectivity index (χ4n) is 2.12. The number of nitrogens with zero attached hydrogens (tertiary/aromatic N) is 1. The molecule has 0 saturated carbocycles. The Hall–Kier alpha value is -1.12. The minimum absolute atomic E-state index is 0.103. The molecule has 0 unspecified atom stereocenters. The first kappa shape index (κ1) is 10.4. The summed E-state index contributed by atoms with van der Waals surface area (Å²) in [5, 5.41) is 0. The average molecular weight is 206 g/mol. The number of unbranched alkanes of at least 4 members (excludes halogenated alkanes) is 1. The Labute approximate surface area is 89.9 Å². The van der Waals surface area contributed by atoms with Crippen molar-refractivity contribution in [3.63, 3.8) is 0 Å². The van der Waals surface area contributed by atoms with Gasteiger partial charge in [-0.05, 0) is 32.1 Å². The van der Waals surface area contributed by atoms with Gasteiger partial charge in [0, 0.05) is 12.0 Å². The van der Waals surface area contributed by atoms with Gasteiger partial charge in [-0.2, -0.15) is 0 Å². The lowest BCUT2D eigenvalue weighted by molar-refractivity contribution is 0.639. The van der Waals surface area contributed by atoms with Crippen LogP contribution in [0.1, 0.15) is 49.7 Å². The number of aromatic amines is 1. The molecule has 2 rings (SSSR count). The Bertz CT molecular complexity index is 395. The first-order chi connectivity index (χ1) is 7.31. The van der Waals surface area contributed by atoms with E-state index in [-0.39, 0.29) is 5.56 Å². The Morgan fingerprint density at radius 3 is 2.93 bits per heavy atom. The number of hydrogen-bond donors (Lipinski definition) is 1. The van der Waals surface area contributed by atoms with Crippen LogP contribution in [-0.2, 0) is 19.3 Å². The van der Waals surface area contributed by atoms with Crippen LogP contribution in [0.15, 0.2) is 4.79 Å². The van der Waals surface area contributed by atoms with Gasteiger partial charge in [-0.1, -0.05) is 13.3 Å². The van der Waals surface area contributed by atoms with Gasteiger partial charge in [-0.25, -0.2) is 4.98 Å². The molecule has 1 N–H and O–H groups in total. The first-order valence-corrected chi connectivity index (χ1v) is 5.92. The molecular weight excluding hydrogens is 188 g/mol. The largest absolute Gasteiger partial charge is 0.310 e. The topological polar surface area (TPSA) is 45.8 Å². The molecule has 15 heavy (non-hydrogen) atoms. The second-order valence-corrected chi connectivity index (χ2v) is 4.25. The van der Waals surface area contributed by atoms with Crippen LogP contribution >= 0.6 is 0 Å². The molecule has 0 spiro atoms. The molecule has 3 nitrogen and oxygen atoms in total. The lowest BCUT2D eigenvalue weighted by Gasteiger charge is -2.14. The summed E-state index contributed by atoms with van der Waals surface area (Å²) in [4.78, 5) is 19.2. The monoisotopic (exact) mass is 206 g/mol. The van der Waals surface area contributed by atoms with Gasteiger partial charge < -0.3 is 4.98 Å². The van der Waals surface area contributed by atoms with Gasteiger partial charge in [0.25, 0.3) is 5.56 Å². The number of fused-ring (bicyclic) bond motifs is 1. The van der Waals surface area contributed by atoms with E-state index in [1.807, 2.05) is 0 Å². The minimum atomic E-state index is 0.103. The van der Waals surface area contributed by atoms with Crippen LogP contribution in [0.5, 0.6) is 0 Å². The number of H-pyrrole nitrogens is 1. The molecule has 0 saturated heterocycles. The minimum Gasteiger partial charge on any atom is -0.310 e. The Morgan fingerprint density at radius 2 is 2.13 bits per heavy atom. The highest BCUT2D eigenvalue weighted by Crippen LogP contribution is 2.15. The third kappa shape index (κ3) is 2.28. The van der Waals surface area contributed by atoms with Gasteiger partial charge in [0.1, 0.15) is 5.82 Å². The summed E-state index contributed by atoms with van der Waals surface area (Å²) >= 11 is 0. The van der Waals surface area contributed by atoms with Crippen LogP contribution in [0, 0.1) is 0 Å². The third-order valence-corrected chi connectivity index (χ3v) is 3.01. The molecule has 0 amide bonds. The van der Waals surface area contributed by atoms with E-state index in [1.54, 1.807) is 0 Å². The molecule has 0 aromatic carbocycles. The molecule has 82 valence electrons. The standard InChI is InChI=1S/C12H18N2O/c1-2-3-8-11-13-10-7-5-4-6-9(10)12(15)14-11/h2-8H2,1H3,(H,13,14,15). The lowest BCUT2D eigenvalue weighted by atomic mass is 9.97. The third-order valence-electron chi connectivity index (χ3n) is 3.01. The van der Waals surface area contributed by atoms with E-state index in [0.29, 0.717) is 0 Å². The van der Waals surface area contributed by atoms with Crippen molar-refractivity contribution in [2.24, 2.45) is 0 Å². The summed E-state index contributed by atoms with van der Waals surface area (Å²) < 4.78 is 0. The van der Waals surface area contributed by atoms with E-state index in [0.717, 1.165) is 55.6 Å². The van der Waals surface area contributed by atoms with E-state index in [2.05, 4.69) is 16.9 Å². The van der Waals surface area contributed by atoms with Gasteiger partial charge in [0.15, 0.2) is 0 Å². The quantitative estimate of drug-likeness (QED) is 0.822. The van der Waals surface area contributed by atoms with Crippen molar-refractivity contribution in [2.75, 3.05) is 0 Å². The molecule has 0 aliphatic heterocycles. The highest BCUT2D eigenvalue weighted by molar-refractivity contribution is 5.20. The van der Waals surface area contributed by atoms with E-state index in [1.165, 1.54) is 6.42 Å². The highest BCUT2D eigenvalue weighted by atomic mass is 16.1. The van der Waals surface area contributed by atoms with E-state index < -0.39 is 0 Å². The summed E-state index contributed by atoms with van der Waals surface area (Å²) in [6, 6.07) is 0. The molecule has 1 aliphatic rings. The Balaban J connectivity index is 2.28. The van der Waals surface area contributed by atoms with Crippen LogP contribution in [-0.4, -0.2) is 9.97 Å². The van der Waals surface area contributed by atoms with Crippen molar-refractivity contribution in [1.29, 1.82) is 0 Å². The number of nitrogens with one attached hydrogen (secondary N) is 1. The average Bonchev–Trinajstić information content (AvgIpc) is 2.26. The summed E-state index contributed by atoms with van der Waals surface area (Å²) in [5.74, 6) is 0.877. The van der Waals surface area contributed by atoms with Crippen LogP contribution in [0.3, 0.4) is 0 Å². The molecule has 3 heteroatoms. The zero-order valence-corrected chi connectivity index (χ0v) is 9.31. The zero-order valence-electron chi connectivity index (χ0n) is 9.31. The van der Waals surface area contributed by atoms with Crippen LogP contribution in [0.25, 0.3) is 0 Å². The smallest absolute Gasteiger partial charge is 0.254 e. The summed E-state index contributed by atoms with van der Waals surface area (Å²) in [6.07, 6.45) is 7.34. The van der Waals surface area contributed by atoms with Crippen molar-refractivity contribution in [2.45, 2.75) is 51.9 Å². The fourth-order valence-corrected chi connectivity index (χ4v) is 2.12. The normalized spacial score (nSPS) is 15.0. The van der Waals surface area contributed by atoms with E-state index >= 15 is 0 Å². The highest BCUT2D eigenvalue weighted by Gasteiger charge is 2.14. The molecule has 1 heterocycles. The molecule has 0 bridgehead atoms. The second kappa shape index (κ2) is 4.60. The molecule has 0 fully saturated rings. The van der Waals surface area contributed by atoms with Crippen molar-refractivity contribution in [3.8, 4) is 0 Å². The lowest BCUT2D eigenvalue weighted by Crippen LogP contribution is -2.22. The van der Waals surface area contributed by atoms with Gasteiger partial charge >= 0.3 is 0 Å². The molecule has 1 aromatic heterocycles. The SMILES string of the molecule is CCCCc1nc2c(c(=O)[nH]1)CCCC2. The van der Waals surface area contributed by atoms with Crippen molar-refractivity contribution >= 4 is 0 Å². The van der Waals surface area contributed by atoms with E-state index in [9.17, 15) is 4.79 Å². The molecule has 1 aromatic rings. The Morgan fingerprint density at radius 1 is 1.33 bits per heavy atom. The van der Waals surface area contributed by atoms with Gasteiger partial charge in [-0.3, -0.25) is 4.79 Å². The first-order valence-electron chi connectivity index (χ1n) is 5.92. The van der Waals surface area contributed by atoms with Crippen LogP contribution in [0.4, 0.5) is 0 Å². The number of hydrogen-bond acceptors (Lipinski definition) is 2. The maximum absolute atomic E-state index is 11.8. The molecule has 0 atom stereocenters. The fraction of sp³-hybridized carbons (Fsp3) is 0.667. The molecule has 0 radical (unpaired) electrons. The predicted octanol–water partition coefficient (Wildman–Crippen LogP) is 1.99. The number of rotatable bonds is 3. The summed E-state index contributed by atoms with van der Waals surface area (Å²) in [5.41, 5.74) is 2.09. The molecule has 1 aliphatic carbocycles. The van der Waals surface area contributed by atoms with Gasteiger partial charge in [0.2, 0.25) is 0 Å². The zero-order chi connectivity index (χ0) is 10.7. The van der Waals surface area contributed by atoms with Crippen molar-refractivity contribution in [3.05, 3.63) is 27.4 Å². The Kier molecular flexibility index (Phi) is 3.19.